The van der Waals surface area contributed by atoms with E-state index < -0.39 is 44.4 Å². The largest absolute Gasteiger partial charge is 0.441 e. The number of unbranched alkanes of at least 4 members (excludes halogenated alkanes) is 4. The van der Waals surface area contributed by atoms with E-state index in [1.165, 1.54) is 24.3 Å². The summed E-state index contributed by atoms with van der Waals surface area (Å²) in [5, 5.41) is 0. The molecule has 3 rings (SSSR count). The molecule has 10 nitrogen and oxygen atoms in total. The molecule has 0 radical (unpaired) electrons. The number of hydrogen-bond acceptors (Lipinski definition) is 8. The van der Waals surface area contributed by atoms with E-state index >= 15 is 0 Å². The second-order valence-electron chi connectivity index (χ2n) is 11.7. The van der Waals surface area contributed by atoms with Gasteiger partial charge in [0.25, 0.3) is 20.0 Å². The number of nitrogens with one attached hydrogen (secondary N) is 2. The molecule has 2 atom stereocenters. The quantitative estimate of drug-likeness (QED) is 0.136. The number of rotatable bonds is 17. The number of sulfonamides is 2. The standard InChI is InChI=1S/C36H46N2O8S2/c1-5-7-10-16-30(45-35(39)37-47(41,42)31-22-18-27(3)19-23-31)26-33(29-14-12-9-13-15-29)34(17-11-8-6-2)46-36(40)38-48(43,44)32-24-20-28(4)21-25-32/h9,12-15,18-26,30,34H,5-8,10-11,16-17H2,1-4H3,(H,37,39)(H,38,40)/b33-26+/t30-,34-/m0/s1. The van der Waals surface area contributed by atoms with Crippen LogP contribution in [0.25, 0.3) is 5.57 Å². The SMILES string of the molecule is CCCCC[C@@H](/C=C(\c1ccccc1)[C@H](CCCCC)OC(=O)NS(=O)(=O)c1ccc(C)cc1)OC(=O)NS(=O)(=O)c1ccc(C)cc1. The van der Waals surface area contributed by atoms with Gasteiger partial charge in [0.05, 0.1) is 9.79 Å². The van der Waals surface area contributed by atoms with Gasteiger partial charge < -0.3 is 9.47 Å². The van der Waals surface area contributed by atoms with Crippen LogP contribution in [-0.2, 0) is 29.5 Å². The smallest absolute Gasteiger partial charge is 0.421 e. The van der Waals surface area contributed by atoms with Crippen molar-refractivity contribution in [2.45, 2.75) is 101 Å². The molecular weight excluding hydrogens is 653 g/mol. The third-order valence-electron chi connectivity index (χ3n) is 7.59. The van der Waals surface area contributed by atoms with E-state index in [0.717, 1.165) is 36.8 Å². The predicted octanol–water partition coefficient (Wildman–Crippen LogP) is 7.81. The third kappa shape index (κ3) is 12.1. The van der Waals surface area contributed by atoms with E-state index in [4.69, 9.17) is 9.47 Å². The first-order valence-corrected chi connectivity index (χ1v) is 19.2. The minimum Gasteiger partial charge on any atom is -0.441 e. The van der Waals surface area contributed by atoms with Gasteiger partial charge in [0, 0.05) is 0 Å². The zero-order chi connectivity index (χ0) is 35.2. The summed E-state index contributed by atoms with van der Waals surface area (Å²) in [6.45, 7) is 7.71. The van der Waals surface area contributed by atoms with Crippen molar-refractivity contribution >= 4 is 37.8 Å². The van der Waals surface area contributed by atoms with Crippen LogP contribution in [-0.4, -0.2) is 41.2 Å². The molecule has 0 aliphatic heterocycles. The monoisotopic (exact) mass is 698 g/mol. The normalized spacial score (nSPS) is 13.3. The van der Waals surface area contributed by atoms with Crippen LogP contribution in [0.2, 0.25) is 0 Å². The van der Waals surface area contributed by atoms with Crippen LogP contribution in [0.15, 0.2) is 94.7 Å². The van der Waals surface area contributed by atoms with Crippen molar-refractivity contribution in [2.75, 3.05) is 0 Å². The number of hydrogen-bond donors (Lipinski definition) is 2. The van der Waals surface area contributed by atoms with Gasteiger partial charge in [0.15, 0.2) is 0 Å². The fraction of sp³-hybridized carbons (Fsp3) is 0.389. The number of carbonyl (C=O) groups is 2. The van der Waals surface area contributed by atoms with Gasteiger partial charge >= 0.3 is 12.2 Å². The van der Waals surface area contributed by atoms with Crippen LogP contribution >= 0.6 is 0 Å². The highest BCUT2D eigenvalue weighted by Crippen LogP contribution is 2.28. The summed E-state index contributed by atoms with van der Waals surface area (Å²) in [7, 11) is -8.41. The molecule has 0 heterocycles. The number of ether oxygens (including phenoxy) is 2. The van der Waals surface area contributed by atoms with Crippen molar-refractivity contribution in [3.8, 4) is 0 Å². The highest BCUT2D eigenvalue weighted by Gasteiger charge is 2.27. The second kappa shape index (κ2) is 18.4. The predicted molar refractivity (Wildman–Crippen MR) is 186 cm³/mol. The summed E-state index contributed by atoms with van der Waals surface area (Å²) in [6, 6.07) is 21.2. The van der Waals surface area contributed by atoms with Crippen molar-refractivity contribution in [2.24, 2.45) is 0 Å². The van der Waals surface area contributed by atoms with Gasteiger partial charge in [-0.05, 0) is 81.0 Å². The molecule has 260 valence electrons. The van der Waals surface area contributed by atoms with Gasteiger partial charge in [-0.25, -0.2) is 35.9 Å². The number of amides is 2. The molecule has 0 spiro atoms. The Kier molecular flexibility index (Phi) is 14.7. The summed E-state index contributed by atoms with van der Waals surface area (Å²) in [5.74, 6) is 0. The first-order chi connectivity index (χ1) is 22.8. The molecule has 3 aromatic rings. The topological polar surface area (TPSA) is 145 Å². The third-order valence-corrected chi connectivity index (χ3v) is 10.2. The first-order valence-electron chi connectivity index (χ1n) is 16.2. The maximum absolute atomic E-state index is 13.2. The molecule has 0 aliphatic carbocycles. The van der Waals surface area contributed by atoms with Gasteiger partial charge in [-0.1, -0.05) is 105 Å². The van der Waals surface area contributed by atoms with Crippen LogP contribution in [0.3, 0.4) is 0 Å². The second-order valence-corrected chi connectivity index (χ2v) is 15.0. The van der Waals surface area contributed by atoms with Crippen molar-refractivity contribution in [1.29, 1.82) is 0 Å². The van der Waals surface area contributed by atoms with Crippen molar-refractivity contribution < 1.29 is 35.9 Å². The molecular formula is C36H46N2O8S2. The number of benzene rings is 3. The fourth-order valence-electron chi connectivity index (χ4n) is 4.94. The lowest BCUT2D eigenvalue weighted by atomic mass is 9.94. The number of aryl methyl sites for hydroxylation is 2. The Bertz CT molecular complexity index is 1720. The zero-order valence-corrected chi connectivity index (χ0v) is 29.6. The van der Waals surface area contributed by atoms with Crippen LogP contribution in [0.4, 0.5) is 9.59 Å². The van der Waals surface area contributed by atoms with Gasteiger partial charge in [-0.3, -0.25) is 0 Å². The zero-order valence-electron chi connectivity index (χ0n) is 28.0. The molecule has 0 fully saturated rings. The van der Waals surface area contributed by atoms with Crippen molar-refractivity contribution in [1.82, 2.24) is 9.44 Å². The Morgan fingerprint density at radius 3 is 1.58 bits per heavy atom. The van der Waals surface area contributed by atoms with E-state index in [1.807, 2.05) is 67.5 Å². The van der Waals surface area contributed by atoms with E-state index in [2.05, 4.69) is 0 Å². The van der Waals surface area contributed by atoms with Gasteiger partial charge in [0.2, 0.25) is 0 Å². The average Bonchev–Trinajstić information content (AvgIpc) is 3.03. The Morgan fingerprint density at radius 1 is 0.646 bits per heavy atom. The molecule has 0 bridgehead atoms. The van der Waals surface area contributed by atoms with Crippen LogP contribution in [0.1, 0.15) is 81.9 Å². The van der Waals surface area contributed by atoms with Crippen LogP contribution in [0.5, 0.6) is 0 Å². The lowest BCUT2D eigenvalue weighted by Gasteiger charge is -2.24. The number of carbonyl (C=O) groups excluding carboxylic acids is 2. The van der Waals surface area contributed by atoms with Crippen molar-refractivity contribution in [3.05, 3.63) is 102 Å². The Hall–Kier alpha value is -4.16. The summed E-state index contributed by atoms with van der Waals surface area (Å²) >= 11 is 0. The summed E-state index contributed by atoms with van der Waals surface area (Å²) in [6.07, 6.45) is 3.11. The minimum atomic E-state index is -4.21. The maximum atomic E-state index is 13.2. The molecule has 0 unspecified atom stereocenters. The van der Waals surface area contributed by atoms with Crippen LogP contribution in [0, 0.1) is 13.8 Å². The van der Waals surface area contributed by atoms with E-state index in [9.17, 15) is 26.4 Å². The molecule has 0 saturated heterocycles. The molecule has 0 aromatic heterocycles. The van der Waals surface area contributed by atoms with E-state index in [-0.39, 0.29) is 9.79 Å². The molecule has 48 heavy (non-hydrogen) atoms. The molecule has 3 aromatic carbocycles. The Morgan fingerprint density at radius 2 is 1.10 bits per heavy atom. The Labute approximate surface area is 285 Å². The van der Waals surface area contributed by atoms with Crippen molar-refractivity contribution in [3.63, 3.8) is 0 Å². The fourth-order valence-corrected chi connectivity index (χ4v) is 6.70. The average molecular weight is 699 g/mol. The molecule has 0 saturated carbocycles. The van der Waals surface area contributed by atoms with E-state index in [0.29, 0.717) is 36.8 Å². The Balaban J connectivity index is 1.95. The molecule has 12 heteroatoms. The minimum absolute atomic E-state index is 0.0795. The molecule has 0 aliphatic rings. The molecule has 2 amide bonds. The highest BCUT2D eigenvalue weighted by molar-refractivity contribution is 7.90. The summed E-state index contributed by atoms with van der Waals surface area (Å²) in [4.78, 5) is 26.0. The summed E-state index contributed by atoms with van der Waals surface area (Å²) in [5.41, 5.74) is 2.90. The molecule has 2 N–H and O–H groups in total. The lowest BCUT2D eigenvalue weighted by Crippen LogP contribution is -2.35. The van der Waals surface area contributed by atoms with E-state index in [1.54, 1.807) is 30.3 Å². The van der Waals surface area contributed by atoms with Gasteiger partial charge in [-0.15, -0.1) is 0 Å². The lowest BCUT2D eigenvalue weighted by molar-refractivity contribution is 0.114. The highest BCUT2D eigenvalue weighted by atomic mass is 32.2. The first kappa shape index (κ1) is 38.3. The van der Waals surface area contributed by atoms with Gasteiger partial charge in [0.1, 0.15) is 12.2 Å². The maximum Gasteiger partial charge on any atom is 0.421 e. The van der Waals surface area contributed by atoms with Crippen LogP contribution < -0.4 is 9.44 Å². The van der Waals surface area contributed by atoms with Gasteiger partial charge in [-0.2, -0.15) is 0 Å². The summed E-state index contributed by atoms with van der Waals surface area (Å²) < 4.78 is 67.3.